The Hall–Kier alpha value is -3.89. The van der Waals surface area contributed by atoms with E-state index in [0.29, 0.717) is 16.3 Å². The summed E-state index contributed by atoms with van der Waals surface area (Å²) in [6.45, 7) is 7.63. The van der Waals surface area contributed by atoms with Crippen LogP contribution in [0.4, 0.5) is 5.13 Å². The van der Waals surface area contributed by atoms with Crippen molar-refractivity contribution in [2.45, 2.75) is 59.3 Å². The number of nitrogens with zero attached hydrogens (tertiary/aromatic N) is 3. The first-order chi connectivity index (χ1) is 20.1. The minimum absolute atomic E-state index is 0.0318. The highest BCUT2D eigenvalue weighted by Gasteiger charge is 2.52. The number of anilines is 1. The van der Waals surface area contributed by atoms with Crippen molar-refractivity contribution in [1.29, 1.82) is 0 Å². The number of amides is 1. The molecule has 0 aliphatic carbocycles. The predicted molar refractivity (Wildman–Crippen MR) is 155 cm³/mol. The molecule has 1 amide bonds. The highest BCUT2D eigenvalue weighted by Crippen LogP contribution is 2.34. The molecule has 2 atom stereocenters. The SMILES string of the molecule is C[C@H]1[C@H](CC(=O)/C(=N/OC(C)(C)OC=O)c2csc(N)n2)C(=O)N1S(=O)(=O)OCC(C)(C)CCOC(=O)c1ccccc1. The number of esters is 1. The van der Waals surface area contributed by atoms with Gasteiger partial charge < -0.3 is 20.0 Å². The summed E-state index contributed by atoms with van der Waals surface area (Å²) in [5.41, 5.74) is 5.17. The number of rotatable bonds is 16. The van der Waals surface area contributed by atoms with Crippen LogP contribution in [0.15, 0.2) is 40.9 Å². The van der Waals surface area contributed by atoms with E-state index in [1.54, 1.807) is 44.2 Å². The summed E-state index contributed by atoms with van der Waals surface area (Å²) in [5, 5.41) is 5.42. The summed E-state index contributed by atoms with van der Waals surface area (Å²) < 4.78 is 41.7. The van der Waals surface area contributed by atoms with Gasteiger partial charge in [0.2, 0.25) is 5.91 Å². The lowest BCUT2D eigenvalue weighted by Gasteiger charge is -2.43. The molecule has 0 saturated carbocycles. The molecule has 16 heteroatoms. The van der Waals surface area contributed by atoms with Crippen molar-refractivity contribution in [3.05, 3.63) is 47.0 Å². The van der Waals surface area contributed by atoms with Crippen LogP contribution in [0.3, 0.4) is 0 Å². The lowest BCUT2D eigenvalue weighted by molar-refractivity contribution is -0.203. The molecule has 14 nitrogen and oxygen atoms in total. The van der Waals surface area contributed by atoms with E-state index in [2.05, 4.69) is 10.1 Å². The number of hydrogen-bond donors (Lipinski definition) is 1. The van der Waals surface area contributed by atoms with Crippen LogP contribution in [0, 0.1) is 11.3 Å². The zero-order valence-corrected chi connectivity index (χ0v) is 26.0. The lowest BCUT2D eigenvalue weighted by Crippen LogP contribution is -2.62. The number of nitrogen functional groups attached to an aromatic ring is 1. The second kappa shape index (κ2) is 13.6. The normalized spacial score (nSPS) is 17.7. The third kappa shape index (κ3) is 8.81. The second-order valence-electron chi connectivity index (χ2n) is 11.0. The Morgan fingerprint density at radius 3 is 2.44 bits per heavy atom. The monoisotopic (exact) mass is 638 g/mol. The van der Waals surface area contributed by atoms with Crippen molar-refractivity contribution in [2.75, 3.05) is 18.9 Å². The van der Waals surface area contributed by atoms with Gasteiger partial charge in [-0.3, -0.25) is 18.6 Å². The third-order valence-electron chi connectivity index (χ3n) is 6.47. The maximum absolute atomic E-state index is 13.2. The molecule has 1 aromatic carbocycles. The third-order valence-corrected chi connectivity index (χ3v) is 8.55. The van der Waals surface area contributed by atoms with Gasteiger partial charge in [0.05, 0.1) is 30.7 Å². The summed E-state index contributed by atoms with van der Waals surface area (Å²) >= 11 is 1.04. The van der Waals surface area contributed by atoms with E-state index in [0.717, 1.165) is 11.3 Å². The van der Waals surface area contributed by atoms with Crippen LogP contribution in [0.2, 0.25) is 0 Å². The molecule has 0 unspecified atom stereocenters. The molecule has 3 rings (SSSR count). The van der Waals surface area contributed by atoms with E-state index < -0.39 is 57.5 Å². The molecule has 1 aliphatic heterocycles. The molecule has 0 bridgehead atoms. The highest BCUT2D eigenvalue weighted by atomic mass is 32.2. The number of nitrogens with two attached hydrogens (primary N) is 1. The fraction of sp³-hybridized carbons (Fsp3) is 0.481. The zero-order chi connectivity index (χ0) is 32.0. The van der Waals surface area contributed by atoms with Crippen molar-refractivity contribution in [2.24, 2.45) is 16.5 Å². The lowest BCUT2D eigenvalue weighted by atomic mass is 9.86. The molecule has 2 heterocycles. The Morgan fingerprint density at radius 1 is 1.19 bits per heavy atom. The number of carbonyl (C=O) groups excluding carboxylic acids is 4. The summed E-state index contributed by atoms with van der Waals surface area (Å²) in [6, 6.07) is 7.55. The van der Waals surface area contributed by atoms with E-state index >= 15 is 0 Å². The molecule has 0 radical (unpaired) electrons. The summed E-state index contributed by atoms with van der Waals surface area (Å²) in [6.07, 6.45) is -0.111. The van der Waals surface area contributed by atoms with Gasteiger partial charge in [0.15, 0.2) is 16.6 Å². The van der Waals surface area contributed by atoms with Crippen LogP contribution in [0.25, 0.3) is 0 Å². The Balaban J connectivity index is 1.59. The van der Waals surface area contributed by atoms with Crippen molar-refractivity contribution in [1.82, 2.24) is 9.29 Å². The van der Waals surface area contributed by atoms with E-state index in [9.17, 15) is 27.6 Å². The largest absolute Gasteiger partial charge is 0.462 e. The topological polar surface area (TPSA) is 194 Å². The summed E-state index contributed by atoms with van der Waals surface area (Å²) in [4.78, 5) is 58.2. The van der Waals surface area contributed by atoms with Crippen LogP contribution in [-0.2, 0) is 43.2 Å². The van der Waals surface area contributed by atoms with Crippen LogP contribution in [0.1, 0.15) is 63.5 Å². The van der Waals surface area contributed by atoms with Crippen molar-refractivity contribution >= 4 is 56.6 Å². The molecule has 2 aromatic rings. The van der Waals surface area contributed by atoms with Crippen molar-refractivity contribution in [3.8, 4) is 0 Å². The van der Waals surface area contributed by atoms with Gasteiger partial charge in [-0.1, -0.05) is 37.2 Å². The maximum Gasteiger partial charge on any atom is 0.364 e. The molecule has 1 fully saturated rings. The second-order valence-corrected chi connectivity index (χ2v) is 13.3. The number of hydrogen-bond acceptors (Lipinski definition) is 14. The molecular formula is C27H34N4O10S2. The van der Waals surface area contributed by atoms with Gasteiger partial charge in [0.25, 0.3) is 12.3 Å². The Labute approximate surface area is 253 Å². The number of carbonyl (C=O) groups is 4. The number of benzene rings is 1. The Kier molecular flexibility index (Phi) is 10.6. The molecule has 1 saturated heterocycles. The van der Waals surface area contributed by atoms with Crippen LogP contribution < -0.4 is 5.73 Å². The summed E-state index contributed by atoms with van der Waals surface area (Å²) in [7, 11) is -4.48. The average molecular weight is 639 g/mol. The molecule has 43 heavy (non-hydrogen) atoms. The van der Waals surface area contributed by atoms with Crippen LogP contribution in [-0.4, -0.2) is 72.6 Å². The van der Waals surface area contributed by atoms with Gasteiger partial charge in [0, 0.05) is 25.6 Å². The van der Waals surface area contributed by atoms with Crippen molar-refractivity contribution < 1.29 is 46.1 Å². The van der Waals surface area contributed by atoms with Gasteiger partial charge in [-0.15, -0.1) is 11.3 Å². The number of oxime groups is 1. The van der Waals surface area contributed by atoms with Crippen molar-refractivity contribution in [3.63, 3.8) is 0 Å². The van der Waals surface area contributed by atoms with E-state index in [-0.39, 0.29) is 36.2 Å². The van der Waals surface area contributed by atoms with Gasteiger partial charge in [-0.25, -0.2) is 14.1 Å². The van der Waals surface area contributed by atoms with Gasteiger partial charge in [0.1, 0.15) is 5.69 Å². The average Bonchev–Trinajstić information content (AvgIpc) is 3.36. The number of Topliss-reactive ketones (excluding diaryl/α,β-unsaturated/α-hetero) is 1. The molecule has 1 aliphatic rings. The van der Waals surface area contributed by atoms with Gasteiger partial charge >= 0.3 is 16.3 Å². The summed E-state index contributed by atoms with van der Waals surface area (Å²) in [5.74, 6) is -4.48. The fourth-order valence-corrected chi connectivity index (χ4v) is 5.93. The number of β-lactam (4-membered cyclic amide) rings is 1. The number of ether oxygens (including phenoxy) is 2. The Morgan fingerprint density at radius 2 is 1.86 bits per heavy atom. The van der Waals surface area contributed by atoms with E-state index in [4.69, 9.17) is 24.2 Å². The van der Waals surface area contributed by atoms with Crippen LogP contribution in [0.5, 0.6) is 0 Å². The standard InChI is InChI=1S/C27H34N4O10S2/c1-17-19(13-21(33)22(20-14-42-25(28)29-20)30-41-27(4,5)39-16-32)23(34)31(17)43(36,37)40-15-26(2,3)11-12-38-24(35)18-9-7-6-8-10-18/h6-10,14,16-17,19H,11-13,15H2,1-5H3,(H2,28,29)/b30-22+/t17-,19-/m0/s1. The first-order valence-corrected chi connectivity index (χ1v) is 15.4. The predicted octanol–water partition coefficient (Wildman–Crippen LogP) is 2.70. The molecule has 1 aromatic heterocycles. The van der Waals surface area contributed by atoms with E-state index in [1.807, 2.05) is 0 Å². The minimum atomic E-state index is -4.48. The molecule has 234 valence electrons. The number of ketones is 1. The van der Waals surface area contributed by atoms with Gasteiger partial charge in [-0.2, -0.15) is 8.42 Å². The first-order valence-electron chi connectivity index (χ1n) is 13.1. The minimum Gasteiger partial charge on any atom is -0.462 e. The quantitative estimate of drug-likeness (QED) is 0.0706. The Bertz CT molecular complexity index is 1470. The first kappa shape index (κ1) is 33.6. The maximum atomic E-state index is 13.2. The highest BCUT2D eigenvalue weighted by molar-refractivity contribution is 7.85. The molecular weight excluding hydrogens is 604 g/mol. The van der Waals surface area contributed by atoms with Gasteiger partial charge in [-0.05, 0) is 30.9 Å². The smallest absolute Gasteiger partial charge is 0.364 e. The fourth-order valence-electron chi connectivity index (χ4n) is 3.89. The molecule has 2 N–H and O–H groups in total. The van der Waals surface area contributed by atoms with Crippen LogP contribution >= 0.6 is 11.3 Å². The van der Waals surface area contributed by atoms with E-state index in [1.165, 1.54) is 26.2 Å². The zero-order valence-electron chi connectivity index (χ0n) is 24.3. The number of thiazole rings is 1. The number of aromatic nitrogens is 1. The molecule has 0 spiro atoms.